The predicted molar refractivity (Wildman–Crippen MR) is 147 cm³/mol. The van der Waals surface area contributed by atoms with Crippen molar-refractivity contribution >= 4 is 51.4 Å². The summed E-state index contributed by atoms with van der Waals surface area (Å²) in [6, 6.07) is 9.82. The number of unbranched alkanes of at least 4 members (excludes halogenated alkanes) is 1. The van der Waals surface area contributed by atoms with E-state index in [1.807, 2.05) is 19.1 Å². The number of halogens is 2. The summed E-state index contributed by atoms with van der Waals surface area (Å²) >= 11 is 6.57. The van der Waals surface area contributed by atoms with E-state index in [0.29, 0.717) is 45.9 Å². The number of anilines is 1. The number of nitrogens with one attached hydrogen (secondary N) is 2. The minimum absolute atomic E-state index is 0.0628. The Balaban J connectivity index is 0.000000318. The number of carbonyl (C=O) groups is 2. The van der Waals surface area contributed by atoms with Crippen LogP contribution in [0.5, 0.6) is 0 Å². The number of hydrogen-bond acceptors (Lipinski definition) is 8. The molecule has 206 valence electrons. The van der Waals surface area contributed by atoms with Crippen LogP contribution in [0.3, 0.4) is 0 Å². The van der Waals surface area contributed by atoms with E-state index < -0.39 is 11.9 Å². The third kappa shape index (κ3) is 6.83. The van der Waals surface area contributed by atoms with E-state index in [2.05, 4.69) is 35.5 Å². The van der Waals surface area contributed by atoms with Gasteiger partial charge in [-0.05, 0) is 55.2 Å². The van der Waals surface area contributed by atoms with Crippen molar-refractivity contribution in [3.63, 3.8) is 0 Å². The molecule has 1 atom stereocenters. The zero-order valence-corrected chi connectivity index (χ0v) is 22.1. The zero-order chi connectivity index (χ0) is 28.6. The predicted octanol–water partition coefficient (Wildman–Crippen LogP) is 5.64. The number of fused-ring (bicyclic) bond motifs is 2. The molecule has 0 amide bonds. The van der Waals surface area contributed by atoms with Gasteiger partial charge >= 0.3 is 11.9 Å². The number of nitrogens with zero attached hydrogens (tertiary/aromatic N) is 5. The first-order valence-electron chi connectivity index (χ1n) is 12.3. The van der Waals surface area contributed by atoms with Gasteiger partial charge in [-0.3, -0.25) is 9.59 Å². The first-order chi connectivity index (χ1) is 19.2. The van der Waals surface area contributed by atoms with Crippen molar-refractivity contribution < 1.29 is 24.2 Å². The number of aromatic amines is 1. The SMILES string of the molecule is CC(Nc1ncnc2nc[nH]c12)c1cc(Cl)c2ccnnc2c1-c1cccc(F)c1.O=C(O)CCCCC(=O)O. The molecule has 0 aliphatic heterocycles. The van der Waals surface area contributed by atoms with Gasteiger partial charge in [0.15, 0.2) is 11.5 Å². The second-order valence-corrected chi connectivity index (χ2v) is 9.22. The highest BCUT2D eigenvalue weighted by molar-refractivity contribution is 6.36. The van der Waals surface area contributed by atoms with Gasteiger partial charge in [0.25, 0.3) is 0 Å². The number of carboxylic acids is 2. The number of aromatic nitrogens is 6. The lowest BCUT2D eigenvalue weighted by atomic mass is 9.92. The second-order valence-electron chi connectivity index (χ2n) is 8.81. The van der Waals surface area contributed by atoms with Gasteiger partial charge in [-0.2, -0.15) is 5.10 Å². The minimum Gasteiger partial charge on any atom is -0.481 e. The van der Waals surface area contributed by atoms with E-state index >= 15 is 0 Å². The molecule has 13 heteroatoms. The van der Waals surface area contributed by atoms with Gasteiger partial charge in [0, 0.05) is 23.8 Å². The van der Waals surface area contributed by atoms with Gasteiger partial charge in [0.2, 0.25) is 0 Å². The number of H-pyrrole nitrogens is 1. The fourth-order valence-electron chi connectivity index (χ4n) is 4.13. The average molecular weight is 566 g/mol. The van der Waals surface area contributed by atoms with Gasteiger partial charge in [-0.25, -0.2) is 19.3 Å². The van der Waals surface area contributed by atoms with Crippen molar-refractivity contribution in [2.75, 3.05) is 5.32 Å². The third-order valence-corrected chi connectivity index (χ3v) is 6.29. The van der Waals surface area contributed by atoms with E-state index in [1.54, 1.807) is 24.7 Å². The summed E-state index contributed by atoms with van der Waals surface area (Å²) < 4.78 is 14.0. The monoisotopic (exact) mass is 565 g/mol. The highest BCUT2D eigenvalue weighted by Gasteiger charge is 2.20. The summed E-state index contributed by atoms with van der Waals surface area (Å²) in [6.45, 7) is 1.97. The molecule has 2 aromatic carbocycles. The van der Waals surface area contributed by atoms with Crippen LogP contribution in [0.1, 0.15) is 44.2 Å². The molecule has 3 heterocycles. The van der Waals surface area contributed by atoms with Gasteiger partial charge in [0.05, 0.1) is 23.6 Å². The van der Waals surface area contributed by atoms with Crippen LogP contribution in [0.25, 0.3) is 33.2 Å². The Kier molecular flexibility index (Phi) is 9.12. The van der Waals surface area contributed by atoms with E-state index in [9.17, 15) is 14.0 Å². The molecule has 5 rings (SSSR count). The number of aliphatic carboxylic acids is 2. The van der Waals surface area contributed by atoms with Gasteiger partial charge < -0.3 is 20.5 Å². The lowest BCUT2D eigenvalue weighted by molar-refractivity contribution is -0.139. The summed E-state index contributed by atoms with van der Waals surface area (Å²) in [7, 11) is 0. The van der Waals surface area contributed by atoms with Crippen LogP contribution in [0, 0.1) is 5.82 Å². The molecule has 0 aliphatic rings. The van der Waals surface area contributed by atoms with Crippen molar-refractivity contribution in [3.8, 4) is 11.1 Å². The van der Waals surface area contributed by atoms with Crippen molar-refractivity contribution in [1.29, 1.82) is 0 Å². The normalized spacial score (nSPS) is 11.6. The number of imidazole rings is 1. The summed E-state index contributed by atoms with van der Waals surface area (Å²) in [6.07, 6.45) is 5.62. The highest BCUT2D eigenvalue weighted by atomic mass is 35.5. The molecule has 4 N–H and O–H groups in total. The van der Waals surface area contributed by atoms with Crippen LogP contribution in [0.15, 0.2) is 55.2 Å². The molecule has 3 aromatic heterocycles. The Hall–Kier alpha value is -4.71. The van der Waals surface area contributed by atoms with Crippen molar-refractivity contribution in [3.05, 3.63) is 71.7 Å². The van der Waals surface area contributed by atoms with Crippen LogP contribution >= 0.6 is 11.6 Å². The Morgan fingerprint density at radius 2 is 1.82 bits per heavy atom. The minimum atomic E-state index is -0.870. The van der Waals surface area contributed by atoms with Crippen molar-refractivity contribution in [2.24, 2.45) is 0 Å². The topological polar surface area (TPSA) is 167 Å². The average Bonchev–Trinajstić information content (AvgIpc) is 3.41. The van der Waals surface area contributed by atoms with Crippen LogP contribution in [0.4, 0.5) is 10.2 Å². The molecule has 0 aliphatic carbocycles. The van der Waals surface area contributed by atoms with Gasteiger partial charge in [-0.1, -0.05) is 23.7 Å². The summed E-state index contributed by atoms with van der Waals surface area (Å²) in [5.41, 5.74) is 4.15. The maximum Gasteiger partial charge on any atom is 0.303 e. The van der Waals surface area contributed by atoms with E-state index in [4.69, 9.17) is 21.8 Å². The standard InChI is InChI=1S/C21H15ClFN7.C6H10O4/c1-11(29-21-19-20(25-9-24-19)26-10-27-21)15-8-16(22)14-5-6-28-30-18(14)17(15)12-3-2-4-13(23)7-12;7-5(8)3-1-2-4-6(9)10/h2-11H,1H3,(H2,24,25,26,27,29);1-4H2,(H,7,8)(H,9,10). The van der Waals surface area contributed by atoms with E-state index in [0.717, 1.165) is 16.5 Å². The van der Waals surface area contributed by atoms with Crippen LogP contribution < -0.4 is 5.32 Å². The fourth-order valence-corrected chi connectivity index (χ4v) is 4.40. The lowest BCUT2D eigenvalue weighted by Gasteiger charge is -2.21. The van der Waals surface area contributed by atoms with Gasteiger partial charge in [0.1, 0.15) is 23.2 Å². The molecule has 0 saturated heterocycles. The molecule has 1 unspecified atom stereocenters. The number of carboxylic acid groups (broad SMARTS) is 2. The highest BCUT2D eigenvalue weighted by Crippen LogP contribution is 2.39. The zero-order valence-electron chi connectivity index (χ0n) is 21.3. The van der Waals surface area contributed by atoms with Crippen molar-refractivity contribution in [2.45, 2.75) is 38.6 Å². The van der Waals surface area contributed by atoms with Crippen LogP contribution in [-0.4, -0.2) is 52.3 Å². The smallest absolute Gasteiger partial charge is 0.303 e. The summed E-state index contributed by atoms with van der Waals surface area (Å²) in [5.74, 6) is -1.47. The molecular formula is C27H25ClFN7O4. The Bertz CT molecular complexity index is 1650. The first-order valence-corrected chi connectivity index (χ1v) is 12.7. The summed E-state index contributed by atoms with van der Waals surface area (Å²) in [5, 5.41) is 29.3. The maximum absolute atomic E-state index is 14.0. The molecule has 0 bridgehead atoms. The van der Waals surface area contributed by atoms with Gasteiger partial charge in [-0.15, -0.1) is 5.10 Å². The number of benzene rings is 2. The summed E-state index contributed by atoms with van der Waals surface area (Å²) in [4.78, 5) is 35.5. The molecule has 40 heavy (non-hydrogen) atoms. The van der Waals surface area contributed by atoms with Crippen molar-refractivity contribution in [1.82, 2.24) is 30.1 Å². The third-order valence-electron chi connectivity index (χ3n) is 5.97. The Labute approximate surface area is 232 Å². The first kappa shape index (κ1) is 28.3. The Morgan fingerprint density at radius 3 is 2.52 bits per heavy atom. The maximum atomic E-state index is 14.0. The molecule has 0 fully saturated rings. The lowest BCUT2D eigenvalue weighted by Crippen LogP contribution is -2.11. The molecule has 0 spiro atoms. The molecule has 5 aromatic rings. The van der Waals surface area contributed by atoms with E-state index in [1.165, 1.54) is 18.5 Å². The van der Waals surface area contributed by atoms with Crippen LogP contribution in [-0.2, 0) is 9.59 Å². The Morgan fingerprint density at radius 1 is 1.07 bits per heavy atom. The fraction of sp³-hybridized carbons (Fsp3) is 0.222. The molecular weight excluding hydrogens is 541 g/mol. The number of rotatable bonds is 9. The van der Waals surface area contributed by atoms with E-state index in [-0.39, 0.29) is 24.7 Å². The number of hydrogen-bond donors (Lipinski definition) is 4. The van der Waals surface area contributed by atoms with Crippen LogP contribution in [0.2, 0.25) is 5.02 Å². The molecule has 11 nitrogen and oxygen atoms in total. The molecule has 0 radical (unpaired) electrons. The molecule has 0 saturated carbocycles. The largest absolute Gasteiger partial charge is 0.481 e. The second kappa shape index (κ2) is 12.9. The quantitative estimate of drug-likeness (QED) is 0.164.